The second kappa shape index (κ2) is 8.01. The maximum Gasteiger partial charge on any atom is 0.228 e. The Kier molecular flexibility index (Phi) is 5.27. The van der Waals surface area contributed by atoms with Gasteiger partial charge < -0.3 is 10.1 Å². The lowest BCUT2D eigenvalue weighted by Crippen LogP contribution is -2.14. The number of halogens is 1. The number of nitrogens with zero attached hydrogens (tertiary/aromatic N) is 3. The van der Waals surface area contributed by atoms with Crippen LogP contribution in [0.25, 0.3) is 11.1 Å². The number of hydrogen-bond donors (Lipinski definition) is 1. The van der Waals surface area contributed by atoms with Crippen molar-refractivity contribution in [2.24, 2.45) is 4.99 Å². The Morgan fingerprint density at radius 1 is 1.14 bits per heavy atom. The van der Waals surface area contributed by atoms with Crippen LogP contribution < -0.4 is 10.1 Å². The molecule has 29 heavy (non-hydrogen) atoms. The Morgan fingerprint density at radius 3 is 2.66 bits per heavy atom. The molecule has 1 N–H and O–H groups in total. The fraction of sp³-hybridized carbons (Fsp3) is 0.182. The third-order valence-electron chi connectivity index (χ3n) is 4.72. The molecule has 1 aliphatic heterocycles. The first-order valence-corrected chi connectivity index (χ1v) is 9.50. The second-order valence-corrected chi connectivity index (χ2v) is 7.16. The van der Waals surface area contributed by atoms with Gasteiger partial charge in [-0.2, -0.15) is 0 Å². The van der Waals surface area contributed by atoms with Gasteiger partial charge in [-0.1, -0.05) is 35.9 Å². The van der Waals surface area contributed by atoms with E-state index in [-0.39, 0.29) is 12.3 Å². The predicted molar refractivity (Wildman–Crippen MR) is 114 cm³/mol. The highest BCUT2D eigenvalue weighted by molar-refractivity contribution is 6.70. The first-order chi connectivity index (χ1) is 14.0. The average molecular weight is 407 g/mol. The molecule has 0 bridgehead atoms. The number of benzene rings is 1. The third-order valence-corrected chi connectivity index (χ3v) is 5.04. The molecular weight excluding hydrogens is 388 g/mol. The van der Waals surface area contributed by atoms with E-state index in [2.05, 4.69) is 20.3 Å². The molecule has 1 amide bonds. The number of carbonyl (C=O) groups is 1. The highest BCUT2D eigenvalue weighted by atomic mass is 35.5. The topological polar surface area (TPSA) is 76.5 Å². The van der Waals surface area contributed by atoms with E-state index in [4.69, 9.17) is 16.3 Å². The molecule has 3 heterocycles. The largest absolute Gasteiger partial charge is 0.481 e. The van der Waals surface area contributed by atoms with Crippen LogP contribution in [0, 0.1) is 6.92 Å². The molecule has 0 atom stereocenters. The minimum atomic E-state index is -0.105. The molecule has 2 aromatic heterocycles. The summed E-state index contributed by atoms with van der Waals surface area (Å²) in [5.74, 6) is 0.443. The predicted octanol–water partition coefficient (Wildman–Crippen LogP) is 4.14. The van der Waals surface area contributed by atoms with Crippen molar-refractivity contribution in [3.63, 3.8) is 0 Å². The molecule has 1 aromatic carbocycles. The highest BCUT2D eigenvalue weighted by Crippen LogP contribution is 2.26. The van der Waals surface area contributed by atoms with E-state index in [1.165, 1.54) is 0 Å². The summed E-state index contributed by atoms with van der Waals surface area (Å²) >= 11 is 6.13. The van der Waals surface area contributed by atoms with Crippen molar-refractivity contribution in [3.05, 3.63) is 71.2 Å². The van der Waals surface area contributed by atoms with E-state index < -0.39 is 0 Å². The Labute approximate surface area is 173 Å². The molecule has 0 spiro atoms. The number of aliphatic imine (C=N–C) groups is 1. The number of ether oxygens (including phenoxy) is 1. The lowest BCUT2D eigenvalue weighted by molar-refractivity contribution is -0.115. The van der Waals surface area contributed by atoms with Crippen LogP contribution in [0.1, 0.15) is 22.4 Å². The Hall–Kier alpha value is -3.25. The maximum absolute atomic E-state index is 12.4. The molecule has 0 radical (unpaired) electrons. The summed E-state index contributed by atoms with van der Waals surface area (Å²) in [4.78, 5) is 25.2. The van der Waals surface area contributed by atoms with E-state index in [1.807, 2.05) is 49.5 Å². The van der Waals surface area contributed by atoms with Crippen molar-refractivity contribution < 1.29 is 9.53 Å². The lowest BCUT2D eigenvalue weighted by atomic mass is 10.0. The van der Waals surface area contributed by atoms with Crippen LogP contribution in [0.3, 0.4) is 0 Å². The second-order valence-electron chi connectivity index (χ2n) is 6.80. The molecule has 0 fully saturated rings. The molecule has 0 unspecified atom stereocenters. The summed E-state index contributed by atoms with van der Waals surface area (Å²) in [6.45, 7) is 2.42. The fourth-order valence-electron chi connectivity index (χ4n) is 3.23. The van der Waals surface area contributed by atoms with Gasteiger partial charge in [-0.25, -0.2) is 4.98 Å². The SMILES string of the molecule is COc1ncc(NC(=O)Cc2ccc(-c3cnc4c(c3)C(Cl)=NC4)cc2)cc1C. The molecular formula is C22H19ClN4O2. The number of amides is 1. The number of aryl methyl sites for hydroxylation is 1. The van der Waals surface area contributed by atoms with Crippen molar-refractivity contribution in [1.29, 1.82) is 0 Å². The summed E-state index contributed by atoms with van der Waals surface area (Å²) in [6.07, 6.45) is 3.68. The zero-order chi connectivity index (χ0) is 20.4. The van der Waals surface area contributed by atoms with Crippen LogP contribution in [-0.2, 0) is 17.8 Å². The Bertz CT molecular complexity index is 1110. The first-order valence-electron chi connectivity index (χ1n) is 9.12. The summed E-state index contributed by atoms with van der Waals surface area (Å²) in [7, 11) is 1.57. The summed E-state index contributed by atoms with van der Waals surface area (Å²) < 4.78 is 5.14. The average Bonchev–Trinajstić information content (AvgIpc) is 3.09. The van der Waals surface area contributed by atoms with Gasteiger partial charge in [0, 0.05) is 22.9 Å². The van der Waals surface area contributed by atoms with Gasteiger partial charge in [0.1, 0.15) is 5.17 Å². The van der Waals surface area contributed by atoms with Gasteiger partial charge >= 0.3 is 0 Å². The van der Waals surface area contributed by atoms with Crippen LogP contribution in [0.2, 0.25) is 0 Å². The number of pyridine rings is 2. The monoisotopic (exact) mass is 406 g/mol. The zero-order valence-electron chi connectivity index (χ0n) is 16.1. The van der Waals surface area contributed by atoms with Gasteiger partial charge in [0.25, 0.3) is 0 Å². The van der Waals surface area contributed by atoms with E-state index in [0.29, 0.717) is 23.3 Å². The molecule has 3 aromatic rings. The highest BCUT2D eigenvalue weighted by Gasteiger charge is 2.16. The van der Waals surface area contributed by atoms with Crippen LogP contribution in [0.15, 0.2) is 53.8 Å². The number of hydrogen-bond acceptors (Lipinski definition) is 5. The number of aromatic nitrogens is 2. The lowest BCUT2D eigenvalue weighted by Gasteiger charge is -2.09. The summed E-state index contributed by atoms with van der Waals surface area (Å²) in [5, 5.41) is 3.37. The van der Waals surface area contributed by atoms with Crippen LogP contribution in [-0.4, -0.2) is 28.2 Å². The number of fused-ring (bicyclic) bond motifs is 1. The van der Waals surface area contributed by atoms with Crippen molar-refractivity contribution in [2.45, 2.75) is 19.9 Å². The number of rotatable bonds is 5. The van der Waals surface area contributed by atoms with Gasteiger partial charge in [0.2, 0.25) is 11.8 Å². The van der Waals surface area contributed by atoms with E-state index in [1.54, 1.807) is 13.3 Å². The first kappa shape index (κ1) is 19.1. The van der Waals surface area contributed by atoms with Crippen molar-refractivity contribution >= 4 is 28.4 Å². The maximum atomic E-state index is 12.4. The van der Waals surface area contributed by atoms with Gasteiger partial charge in [-0.05, 0) is 30.2 Å². The zero-order valence-corrected chi connectivity index (χ0v) is 16.8. The van der Waals surface area contributed by atoms with Gasteiger partial charge in [-0.15, -0.1) is 0 Å². The molecule has 0 saturated heterocycles. The molecule has 4 rings (SSSR count). The number of nitrogens with one attached hydrogen (secondary N) is 1. The number of methoxy groups -OCH3 is 1. The molecule has 7 heteroatoms. The Balaban J connectivity index is 1.43. The minimum Gasteiger partial charge on any atom is -0.481 e. The molecule has 1 aliphatic rings. The van der Waals surface area contributed by atoms with Crippen molar-refractivity contribution in [3.8, 4) is 17.0 Å². The van der Waals surface area contributed by atoms with Crippen LogP contribution >= 0.6 is 11.6 Å². The fourth-order valence-corrected chi connectivity index (χ4v) is 3.46. The molecule has 6 nitrogen and oxygen atoms in total. The minimum absolute atomic E-state index is 0.105. The Morgan fingerprint density at radius 2 is 1.93 bits per heavy atom. The van der Waals surface area contributed by atoms with Crippen LogP contribution in [0.4, 0.5) is 5.69 Å². The summed E-state index contributed by atoms with van der Waals surface area (Å²) in [6, 6.07) is 11.7. The standard InChI is InChI=1S/C22H19ClN4O2/c1-13-7-17(11-26-22(13)29-2)27-20(28)8-14-3-5-15(6-4-14)16-9-18-19(24-10-16)12-25-21(18)23/h3-7,9-11H,8,12H2,1-2H3,(H,27,28). The number of carbonyl (C=O) groups excluding carboxylic acids is 1. The summed E-state index contributed by atoms with van der Waals surface area (Å²) in [5.41, 5.74) is 6.19. The third kappa shape index (κ3) is 4.12. The van der Waals surface area contributed by atoms with Gasteiger partial charge in [0.15, 0.2) is 0 Å². The van der Waals surface area contributed by atoms with Gasteiger partial charge in [-0.3, -0.25) is 14.8 Å². The quantitative estimate of drug-likeness (QED) is 0.690. The molecule has 0 aliphatic carbocycles. The van der Waals surface area contributed by atoms with Crippen molar-refractivity contribution in [2.75, 3.05) is 12.4 Å². The van der Waals surface area contributed by atoms with Crippen molar-refractivity contribution in [1.82, 2.24) is 9.97 Å². The molecule has 146 valence electrons. The normalized spacial score (nSPS) is 12.3. The van der Waals surface area contributed by atoms with Gasteiger partial charge in [0.05, 0.1) is 37.7 Å². The molecule has 0 saturated carbocycles. The van der Waals surface area contributed by atoms with E-state index >= 15 is 0 Å². The van der Waals surface area contributed by atoms with E-state index in [9.17, 15) is 4.79 Å². The number of anilines is 1. The van der Waals surface area contributed by atoms with E-state index in [0.717, 1.165) is 33.5 Å². The smallest absolute Gasteiger partial charge is 0.228 e. The van der Waals surface area contributed by atoms with Crippen LogP contribution in [0.5, 0.6) is 5.88 Å².